The van der Waals surface area contributed by atoms with Crippen LogP contribution in [0.2, 0.25) is 0 Å². The van der Waals surface area contributed by atoms with Gasteiger partial charge in [0.2, 0.25) is 0 Å². The fourth-order valence-corrected chi connectivity index (χ4v) is 4.70. The zero-order valence-corrected chi connectivity index (χ0v) is 15.3. The van der Waals surface area contributed by atoms with E-state index in [1.54, 1.807) is 6.33 Å². The number of nitrogens with one attached hydrogen (secondary N) is 1. The van der Waals surface area contributed by atoms with Crippen LogP contribution in [0.5, 0.6) is 0 Å². The number of aryl methyl sites for hydroxylation is 1. The number of aliphatic hydroxyl groups is 1. The van der Waals surface area contributed by atoms with Crippen LogP contribution in [0.1, 0.15) is 51.0 Å². The highest BCUT2D eigenvalue weighted by Gasteiger charge is 2.31. The van der Waals surface area contributed by atoms with Crippen molar-refractivity contribution in [3.8, 4) is 0 Å². The van der Waals surface area contributed by atoms with Gasteiger partial charge >= 0.3 is 0 Å². The maximum Gasteiger partial charge on any atom is 0.138 e. The highest BCUT2D eigenvalue weighted by Crippen LogP contribution is 2.44. The Morgan fingerprint density at radius 3 is 2.83 bits per heavy atom. The van der Waals surface area contributed by atoms with Crippen molar-refractivity contribution < 1.29 is 5.11 Å². The lowest BCUT2D eigenvalue weighted by Gasteiger charge is -2.33. The van der Waals surface area contributed by atoms with E-state index in [0.717, 1.165) is 35.8 Å². The molecule has 126 valence electrons. The lowest BCUT2D eigenvalue weighted by molar-refractivity contribution is 0.218. The van der Waals surface area contributed by atoms with Crippen molar-refractivity contribution in [3.63, 3.8) is 0 Å². The van der Waals surface area contributed by atoms with Gasteiger partial charge in [-0.05, 0) is 42.6 Å². The van der Waals surface area contributed by atoms with Crippen LogP contribution in [-0.2, 0) is 12.8 Å². The van der Waals surface area contributed by atoms with Crippen LogP contribution in [0.4, 0.5) is 5.82 Å². The molecule has 0 saturated carbocycles. The van der Waals surface area contributed by atoms with Crippen molar-refractivity contribution in [3.05, 3.63) is 16.8 Å². The van der Waals surface area contributed by atoms with E-state index in [2.05, 4.69) is 43.0 Å². The molecule has 1 aliphatic carbocycles. The SMILES string of the molecule is CCC(CO)Nc1ncnc2sc3c(c12)CCC(C(C)(C)C)C3. The Balaban J connectivity index is 1.99. The number of hydrogen-bond acceptors (Lipinski definition) is 5. The van der Waals surface area contributed by atoms with Crippen LogP contribution in [0.25, 0.3) is 10.2 Å². The van der Waals surface area contributed by atoms with Crippen molar-refractivity contribution in [2.24, 2.45) is 11.3 Å². The summed E-state index contributed by atoms with van der Waals surface area (Å²) in [5.74, 6) is 1.62. The number of aliphatic hydroxyl groups excluding tert-OH is 1. The minimum atomic E-state index is 0.0505. The molecule has 0 aliphatic heterocycles. The number of hydrogen-bond donors (Lipinski definition) is 2. The Labute approximate surface area is 142 Å². The van der Waals surface area contributed by atoms with Crippen molar-refractivity contribution in [2.75, 3.05) is 11.9 Å². The Morgan fingerprint density at radius 1 is 1.39 bits per heavy atom. The van der Waals surface area contributed by atoms with E-state index in [4.69, 9.17) is 0 Å². The first kappa shape index (κ1) is 16.7. The van der Waals surface area contributed by atoms with E-state index in [9.17, 15) is 5.11 Å². The highest BCUT2D eigenvalue weighted by atomic mass is 32.1. The van der Waals surface area contributed by atoms with Gasteiger partial charge in [0, 0.05) is 4.88 Å². The summed E-state index contributed by atoms with van der Waals surface area (Å²) in [5, 5.41) is 14.1. The Morgan fingerprint density at radius 2 is 2.17 bits per heavy atom. The summed E-state index contributed by atoms with van der Waals surface area (Å²) in [4.78, 5) is 11.5. The Bertz CT molecular complexity index is 685. The molecule has 0 fully saturated rings. The van der Waals surface area contributed by atoms with E-state index in [0.29, 0.717) is 5.41 Å². The molecule has 0 saturated heterocycles. The zero-order valence-electron chi connectivity index (χ0n) is 14.5. The van der Waals surface area contributed by atoms with Crippen molar-refractivity contribution in [2.45, 2.75) is 59.4 Å². The monoisotopic (exact) mass is 333 g/mol. The molecule has 1 aliphatic rings. The molecular weight excluding hydrogens is 306 g/mol. The van der Waals surface area contributed by atoms with Crippen LogP contribution >= 0.6 is 11.3 Å². The summed E-state index contributed by atoms with van der Waals surface area (Å²) in [6.07, 6.45) is 6.00. The minimum Gasteiger partial charge on any atom is -0.394 e. The fourth-order valence-electron chi connectivity index (χ4n) is 3.43. The second-order valence-electron chi connectivity index (χ2n) is 7.64. The lowest BCUT2D eigenvalue weighted by atomic mass is 9.72. The third-order valence-corrected chi connectivity index (χ3v) is 6.29. The molecule has 0 radical (unpaired) electrons. The van der Waals surface area contributed by atoms with Gasteiger partial charge in [-0.3, -0.25) is 0 Å². The van der Waals surface area contributed by atoms with E-state index >= 15 is 0 Å². The van der Waals surface area contributed by atoms with Crippen molar-refractivity contribution in [1.82, 2.24) is 9.97 Å². The summed E-state index contributed by atoms with van der Waals surface area (Å²) < 4.78 is 0. The smallest absolute Gasteiger partial charge is 0.138 e. The van der Waals surface area contributed by atoms with Gasteiger partial charge in [0.1, 0.15) is 17.0 Å². The number of anilines is 1. The fraction of sp³-hybridized carbons (Fsp3) is 0.667. The standard InChI is InChI=1S/C18H27N3OS/c1-5-12(9-22)21-16-15-13-7-6-11(18(2,3)4)8-14(13)23-17(15)20-10-19-16/h10-12,22H,5-9H2,1-4H3,(H,19,20,21). The zero-order chi connectivity index (χ0) is 16.6. The molecule has 0 amide bonds. The number of rotatable bonds is 4. The second kappa shape index (κ2) is 6.36. The number of aromatic nitrogens is 2. The van der Waals surface area contributed by atoms with Gasteiger partial charge in [0.25, 0.3) is 0 Å². The predicted octanol–water partition coefficient (Wildman–Crippen LogP) is 4.03. The molecule has 2 aromatic rings. The van der Waals surface area contributed by atoms with E-state index in [-0.39, 0.29) is 12.6 Å². The van der Waals surface area contributed by atoms with Crippen LogP contribution in [-0.4, -0.2) is 27.7 Å². The Hall–Kier alpha value is -1.20. The van der Waals surface area contributed by atoms with E-state index in [1.807, 2.05) is 11.3 Å². The molecule has 2 atom stereocenters. The number of thiophene rings is 1. The van der Waals surface area contributed by atoms with Gasteiger partial charge in [-0.25, -0.2) is 9.97 Å². The molecule has 3 rings (SSSR count). The summed E-state index contributed by atoms with van der Waals surface area (Å²) in [6.45, 7) is 9.23. The number of fused-ring (bicyclic) bond motifs is 3. The molecule has 2 unspecified atom stereocenters. The van der Waals surface area contributed by atoms with Crippen LogP contribution in [0.3, 0.4) is 0 Å². The summed E-state index contributed by atoms with van der Waals surface area (Å²) in [7, 11) is 0. The normalized spacial score (nSPS) is 19.6. The van der Waals surface area contributed by atoms with Gasteiger partial charge in [-0.2, -0.15) is 0 Å². The van der Waals surface area contributed by atoms with Gasteiger partial charge in [0.15, 0.2) is 0 Å². The average molecular weight is 334 g/mol. The molecule has 0 spiro atoms. The minimum absolute atomic E-state index is 0.0505. The van der Waals surface area contributed by atoms with Crippen LogP contribution in [0, 0.1) is 11.3 Å². The third kappa shape index (κ3) is 3.22. The summed E-state index contributed by atoms with van der Waals surface area (Å²) in [6, 6.07) is 0.0505. The molecule has 2 aromatic heterocycles. The van der Waals surface area contributed by atoms with E-state index < -0.39 is 0 Å². The summed E-state index contributed by atoms with van der Waals surface area (Å²) in [5.41, 5.74) is 1.78. The molecule has 5 heteroatoms. The van der Waals surface area contributed by atoms with Crippen LogP contribution in [0.15, 0.2) is 6.33 Å². The summed E-state index contributed by atoms with van der Waals surface area (Å²) >= 11 is 1.82. The van der Waals surface area contributed by atoms with Gasteiger partial charge in [0.05, 0.1) is 18.0 Å². The third-order valence-electron chi connectivity index (χ3n) is 5.12. The predicted molar refractivity (Wildman–Crippen MR) is 97.2 cm³/mol. The van der Waals surface area contributed by atoms with Crippen LogP contribution < -0.4 is 5.32 Å². The molecule has 2 heterocycles. The Kier molecular flexibility index (Phi) is 4.61. The van der Waals surface area contributed by atoms with E-state index in [1.165, 1.54) is 22.2 Å². The second-order valence-corrected chi connectivity index (χ2v) is 8.73. The topological polar surface area (TPSA) is 58.0 Å². The van der Waals surface area contributed by atoms with Gasteiger partial charge in [-0.1, -0.05) is 27.7 Å². The van der Waals surface area contributed by atoms with Crippen molar-refractivity contribution >= 4 is 27.4 Å². The molecule has 2 N–H and O–H groups in total. The largest absolute Gasteiger partial charge is 0.394 e. The van der Waals surface area contributed by atoms with Crippen molar-refractivity contribution in [1.29, 1.82) is 0 Å². The first-order chi connectivity index (χ1) is 10.9. The molecule has 0 aromatic carbocycles. The number of nitrogens with zero attached hydrogens (tertiary/aromatic N) is 2. The highest BCUT2D eigenvalue weighted by molar-refractivity contribution is 7.19. The lowest BCUT2D eigenvalue weighted by Crippen LogP contribution is -2.26. The maximum absolute atomic E-state index is 9.47. The first-order valence-electron chi connectivity index (χ1n) is 8.56. The molecule has 4 nitrogen and oxygen atoms in total. The molecular formula is C18H27N3OS. The molecule has 23 heavy (non-hydrogen) atoms. The molecule has 0 bridgehead atoms. The van der Waals surface area contributed by atoms with Gasteiger partial charge < -0.3 is 10.4 Å². The van der Waals surface area contributed by atoms with Gasteiger partial charge in [-0.15, -0.1) is 11.3 Å². The average Bonchev–Trinajstić information content (AvgIpc) is 2.90. The quantitative estimate of drug-likeness (QED) is 0.887. The first-order valence-corrected chi connectivity index (χ1v) is 9.38. The maximum atomic E-state index is 9.47.